The molecule has 2 N–H and O–H groups in total. The molecule has 7 nitrogen and oxygen atoms in total. The normalized spacial score (nSPS) is 17.0. The van der Waals surface area contributed by atoms with E-state index >= 15 is 0 Å². The number of amides is 3. The molecule has 0 radical (unpaired) electrons. The fourth-order valence-corrected chi connectivity index (χ4v) is 3.39. The molecule has 0 spiro atoms. The monoisotopic (exact) mass is 412 g/mol. The summed E-state index contributed by atoms with van der Waals surface area (Å²) in [5, 5.41) is 5.37. The van der Waals surface area contributed by atoms with Crippen LogP contribution in [0.25, 0.3) is 0 Å². The fourth-order valence-electron chi connectivity index (χ4n) is 3.39. The van der Waals surface area contributed by atoms with Crippen LogP contribution in [0.1, 0.15) is 20.3 Å². The van der Waals surface area contributed by atoms with Gasteiger partial charge in [0.15, 0.2) is 0 Å². The molecule has 2 atom stereocenters. The smallest absolute Gasteiger partial charge is 0.241 e. The topological polar surface area (TPSA) is 81.8 Å². The van der Waals surface area contributed by atoms with E-state index in [0.29, 0.717) is 11.4 Å². The number of fused-ring (bicyclic) bond motifs is 1. The van der Waals surface area contributed by atoms with Crippen molar-refractivity contribution >= 4 is 34.8 Å². The standard InChI is InChI=1S/C22H25FN4O3/c1-14-12-20(28)24-18-10-6-7-11-19(18)27(14)21(29)13-26(3)15(2)22(30)25-17-9-5-4-8-16(17)23/h4-11,14-15H,12-13H2,1-3H3,(H,24,28)(H,25,30)/t14-,15+/m0/s1. The van der Waals surface area contributed by atoms with Gasteiger partial charge in [0.05, 0.1) is 29.6 Å². The zero-order valence-corrected chi connectivity index (χ0v) is 17.2. The van der Waals surface area contributed by atoms with Crippen molar-refractivity contribution < 1.29 is 18.8 Å². The number of hydrogen-bond acceptors (Lipinski definition) is 4. The van der Waals surface area contributed by atoms with Gasteiger partial charge in [0.1, 0.15) is 5.82 Å². The lowest BCUT2D eigenvalue weighted by Crippen LogP contribution is -2.48. The van der Waals surface area contributed by atoms with Gasteiger partial charge in [0, 0.05) is 12.5 Å². The van der Waals surface area contributed by atoms with E-state index in [4.69, 9.17) is 0 Å². The predicted octanol–water partition coefficient (Wildman–Crippen LogP) is 2.85. The highest BCUT2D eigenvalue weighted by molar-refractivity contribution is 6.05. The van der Waals surface area contributed by atoms with Gasteiger partial charge < -0.3 is 15.5 Å². The molecular formula is C22H25FN4O3. The van der Waals surface area contributed by atoms with Crippen LogP contribution in [0.15, 0.2) is 48.5 Å². The second-order valence-corrected chi connectivity index (χ2v) is 7.44. The molecule has 0 saturated carbocycles. The molecule has 2 aromatic carbocycles. The van der Waals surface area contributed by atoms with E-state index in [2.05, 4.69) is 10.6 Å². The summed E-state index contributed by atoms with van der Waals surface area (Å²) in [6.07, 6.45) is 0.174. The Hall–Kier alpha value is -3.26. The number of benzene rings is 2. The highest BCUT2D eigenvalue weighted by Gasteiger charge is 2.31. The third kappa shape index (κ3) is 4.65. The number of halogens is 1. The highest BCUT2D eigenvalue weighted by atomic mass is 19.1. The molecule has 1 aliphatic rings. The van der Waals surface area contributed by atoms with Gasteiger partial charge in [-0.05, 0) is 45.2 Å². The summed E-state index contributed by atoms with van der Waals surface area (Å²) >= 11 is 0. The van der Waals surface area contributed by atoms with Gasteiger partial charge in [-0.15, -0.1) is 0 Å². The highest BCUT2D eigenvalue weighted by Crippen LogP contribution is 2.31. The first-order valence-corrected chi connectivity index (χ1v) is 9.74. The van der Waals surface area contributed by atoms with Crippen molar-refractivity contribution in [2.24, 2.45) is 0 Å². The van der Waals surface area contributed by atoms with Gasteiger partial charge in [-0.1, -0.05) is 24.3 Å². The lowest BCUT2D eigenvalue weighted by Gasteiger charge is -2.31. The van der Waals surface area contributed by atoms with Crippen LogP contribution in [0.5, 0.6) is 0 Å². The van der Waals surface area contributed by atoms with Crippen molar-refractivity contribution in [1.82, 2.24) is 4.90 Å². The quantitative estimate of drug-likeness (QED) is 0.791. The Morgan fingerprint density at radius 3 is 2.63 bits per heavy atom. The second kappa shape index (κ2) is 9.04. The summed E-state index contributed by atoms with van der Waals surface area (Å²) in [5.41, 5.74) is 1.29. The Labute approximate surface area is 174 Å². The molecule has 0 bridgehead atoms. The van der Waals surface area contributed by atoms with E-state index in [-0.39, 0.29) is 36.5 Å². The number of nitrogens with one attached hydrogen (secondary N) is 2. The van der Waals surface area contributed by atoms with Crippen molar-refractivity contribution in [3.8, 4) is 0 Å². The molecular weight excluding hydrogens is 387 g/mol. The summed E-state index contributed by atoms with van der Waals surface area (Å²) in [4.78, 5) is 40.9. The summed E-state index contributed by atoms with van der Waals surface area (Å²) in [6.45, 7) is 3.42. The fraction of sp³-hybridized carbons (Fsp3) is 0.318. The maximum atomic E-state index is 13.8. The number of anilines is 3. The molecule has 30 heavy (non-hydrogen) atoms. The van der Waals surface area contributed by atoms with Crippen molar-refractivity contribution in [2.45, 2.75) is 32.4 Å². The molecule has 158 valence electrons. The Morgan fingerprint density at radius 1 is 1.23 bits per heavy atom. The molecule has 2 aromatic rings. The number of carbonyl (C=O) groups excluding carboxylic acids is 3. The van der Waals surface area contributed by atoms with Gasteiger partial charge in [0.25, 0.3) is 0 Å². The van der Waals surface area contributed by atoms with Crippen LogP contribution >= 0.6 is 0 Å². The Kier molecular flexibility index (Phi) is 6.47. The summed E-state index contributed by atoms with van der Waals surface area (Å²) in [5.74, 6) is -1.34. The van der Waals surface area contributed by atoms with Crippen molar-refractivity contribution in [3.05, 3.63) is 54.3 Å². The average molecular weight is 412 g/mol. The van der Waals surface area contributed by atoms with E-state index in [0.717, 1.165) is 0 Å². The van der Waals surface area contributed by atoms with Gasteiger partial charge in [-0.2, -0.15) is 0 Å². The molecule has 0 fully saturated rings. The Bertz CT molecular complexity index is 965. The van der Waals surface area contributed by atoms with Crippen molar-refractivity contribution in [3.63, 3.8) is 0 Å². The molecule has 3 amide bonds. The largest absolute Gasteiger partial charge is 0.324 e. The first-order chi connectivity index (χ1) is 14.3. The maximum Gasteiger partial charge on any atom is 0.241 e. The number of para-hydroxylation sites is 3. The van der Waals surface area contributed by atoms with E-state index in [1.165, 1.54) is 12.1 Å². The predicted molar refractivity (Wildman–Crippen MR) is 114 cm³/mol. The van der Waals surface area contributed by atoms with Gasteiger partial charge in [-0.3, -0.25) is 19.3 Å². The third-order valence-corrected chi connectivity index (χ3v) is 5.18. The summed E-state index contributed by atoms with van der Waals surface area (Å²) in [6, 6.07) is 12.0. The number of carbonyl (C=O) groups is 3. The molecule has 0 saturated heterocycles. The van der Waals surface area contributed by atoms with Crippen LogP contribution in [0.4, 0.5) is 21.5 Å². The summed E-state index contributed by atoms with van der Waals surface area (Å²) < 4.78 is 13.8. The zero-order valence-electron chi connectivity index (χ0n) is 17.2. The molecule has 8 heteroatoms. The van der Waals surface area contributed by atoms with Crippen LogP contribution in [0.2, 0.25) is 0 Å². The molecule has 3 rings (SSSR count). The second-order valence-electron chi connectivity index (χ2n) is 7.44. The van der Waals surface area contributed by atoms with Crippen LogP contribution in [-0.4, -0.2) is 48.3 Å². The third-order valence-electron chi connectivity index (χ3n) is 5.18. The summed E-state index contributed by atoms with van der Waals surface area (Å²) in [7, 11) is 1.65. The van der Waals surface area contributed by atoms with Crippen LogP contribution in [0.3, 0.4) is 0 Å². The number of nitrogens with zero attached hydrogens (tertiary/aromatic N) is 2. The SMILES string of the molecule is C[C@H](C(=O)Nc1ccccc1F)N(C)CC(=O)N1c2ccccc2NC(=O)C[C@@H]1C. The van der Waals surface area contributed by atoms with Crippen molar-refractivity contribution in [1.29, 1.82) is 0 Å². The number of likely N-dealkylation sites (N-methyl/N-ethyl adjacent to an activating group) is 1. The van der Waals surface area contributed by atoms with Crippen LogP contribution in [0, 0.1) is 5.82 Å². The van der Waals surface area contributed by atoms with Gasteiger partial charge >= 0.3 is 0 Å². The maximum absolute atomic E-state index is 13.8. The first-order valence-electron chi connectivity index (χ1n) is 9.74. The minimum Gasteiger partial charge on any atom is -0.324 e. The molecule has 0 unspecified atom stereocenters. The van der Waals surface area contributed by atoms with E-state index in [9.17, 15) is 18.8 Å². The van der Waals surface area contributed by atoms with E-state index in [1.807, 2.05) is 6.92 Å². The molecule has 1 aliphatic heterocycles. The van der Waals surface area contributed by atoms with Crippen LogP contribution < -0.4 is 15.5 Å². The van der Waals surface area contributed by atoms with E-state index in [1.54, 1.807) is 60.2 Å². The lowest BCUT2D eigenvalue weighted by atomic mass is 10.1. The van der Waals surface area contributed by atoms with Gasteiger partial charge in [0.2, 0.25) is 17.7 Å². The Morgan fingerprint density at radius 2 is 1.90 bits per heavy atom. The molecule has 0 aromatic heterocycles. The van der Waals surface area contributed by atoms with Crippen molar-refractivity contribution in [2.75, 3.05) is 29.1 Å². The van der Waals surface area contributed by atoms with Crippen LogP contribution in [-0.2, 0) is 14.4 Å². The zero-order chi connectivity index (χ0) is 21.8. The molecule has 1 heterocycles. The lowest BCUT2D eigenvalue weighted by molar-refractivity contribution is -0.123. The van der Waals surface area contributed by atoms with E-state index < -0.39 is 17.8 Å². The molecule has 0 aliphatic carbocycles. The number of hydrogen-bond donors (Lipinski definition) is 2. The minimum atomic E-state index is -0.675. The Balaban J connectivity index is 1.72. The minimum absolute atomic E-state index is 0.0429. The first kappa shape index (κ1) is 21.4. The average Bonchev–Trinajstić information content (AvgIpc) is 2.83. The van der Waals surface area contributed by atoms with Gasteiger partial charge in [-0.25, -0.2) is 4.39 Å². The number of rotatable bonds is 5.